The molecule has 0 N–H and O–H groups in total. The van der Waals surface area contributed by atoms with E-state index in [2.05, 4.69) is 19.9 Å². The zero-order valence-electron chi connectivity index (χ0n) is 12.3. The number of hydrogen-bond donors (Lipinski definition) is 0. The Balaban J connectivity index is 2.65. The second kappa shape index (κ2) is 7.89. The molecule has 1 aromatic rings. The van der Waals surface area contributed by atoms with Crippen molar-refractivity contribution in [3.63, 3.8) is 0 Å². The van der Waals surface area contributed by atoms with Crippen LogP contribution in [0.4, 0.5) is 0 Å². The summed E-state index contributed by atoms with van der Waals surface area (Å²) < 4.78 is 28.1. The van der Waals surface area contributed by atoms with Crippen molar-refractivity contribution in [2.45, 2.75) is 39.5 Å². The Kier molecular flexibility index (Phi) is 6.83. The second-order valence-corrected chi connectivity index (χ2v) is 8.22. The zero-order valence-corrected chi connectivity index (χ0v) is 13.9. The molecule has 0 amide bonds. The van der Waals surface area contributed by atoms with Crippen LogP contribution in [-0.4, -0.2) is 20.8 Å². The molecule has 0 fully saturated rings. The quantitative estimate of drug-likeness (QED) is 0.675. The van der Waals surface area contributed by atoms with Gasteiger partial charge in [0, 0.05) is 16.6 Å². The zero-order chi connectivity index (χ0) is 15.2. The van der Waals surface area contributed by atoms with E-state index in [4.69, 9.17) is 15.4 Å². The minimum Gasteiger partial charge on any atom is -0.493 e. The number of hydrogen-bond acceptors (Lipinski definition) is 3. The third kappa shape index (κ3) is 6.62. The first kappa shape index (κ1) is 17.3. The summed E-state index contributed by atoms with van der Waals surface area (Å²) in [6.07, 6.45) is 1.70. The van der Waals surface area contributed by atoms with E-state index in [9.17, 15) is 8.42 Å². The van der Waals surface area contributed by atoms with E-state index >= 15 is 0 Å². The summed E-state index contributed by atoms with van der Waals surface area (Å²) in [6.45, 7) is 6.65. The maximum atomic E-state index is 11.2. The topological polar surface area (TPSA) is 43.4 Å². The average Bonchev–Trinajstić information content (AvgIpc) is 2.35. The third-order valence-corrected chi connectivity index (χ3v) is 4.39. The van der Waals surface area contributed by atoms with Crippen molar-refractivity contribution >= 4 is 19.7 Å². The van der Waals surface area contributed by atoms with Crippen LogP contribution in [0.2, 0.25) is 0 Å². The number of halogens is 1. The number of benzene rings is 1. The summed E-state index contributed by atoms with van der Waals surface area (Å²) in [5, 5.41) is 0. The van der Waals surface area contributed by atoms with E-state index in [0.29, 0.717) is 12.5 Å². The van der Waals surface area contributed by atoms with Gasteiger partial charge in [0.25, 0.3) is 0 Å². The molecule has 1 rings (SSSR count). The summed E-state index contributed by atoms with van der Waals surface area (Å²) in [4.78, 5) is 0. The molecule has 0 radical (unpaired) electrons. The first-order chi connectivity index (χ1) is 9.31. The molecule has 0 saturated carbocycles. The summed E-state index contributed by atoms with van der Waals surface area (Å²) >= 11 is 0. The van der Waals surface area contributed by atoms with Crippen molar-refractivity contribution in [2.75, 3.05) is 12.4 Å². The van der Waals surface area contributed by atoms with Crippen LogP contribution in [0.1, 0.15) is 45.1 Å². The first-order valence-electron chi connectivity index (χ1n) is 6.97. The number of ether oxygens (including phenoxy) is 1. The van der Waals surface area contributed by atoms with Crippen LogP contribution in [0.5, 0.6) is 5.75 Å². The Hall–Kier alpha value is -0.740. The largest absolute Gasteiger partial charge is 0.493 e. The fourth-order valence-electron chi connectivity index (χ4n) is 2.08. The standard InChI is InChI=1S/C15H23ClO3S/c1-4-6-13(11-20(16,17)18)10-19-15-8-5-7-14(9-15)12(2)3/h5,7-9,12-13H,4,6,10-11H2,1-3H3. The summed E-state index contributed by atoms with van der Waals surface area (Å²) in [7, 11) is 1.85. The Morgan fingerprint density at radius 3 is 2.55 bits per heavy atom. The van der Waals surface area contributed by atoms with Crippen LogP contribution in [0.15, 0.2) is 24.3 Å². The van der Waals surface area contributed by atoms with Crippen molar-refractivity contribution in [2.24, 2.45) is 5.92 Å². The van der Waals surface area contributed by atoms with Crippen molar-refractivity contribution in [1.82, 2.24) is 0 Å². The Labute approximate surface area is 126 Å². The van der Waals surface area contributed by atoms with Crippen molar-refractivity contribution in [1.29, 1.82) is 0 Å². The predicted octanol–water partition coefficient (Wildman–Crippen LogP) is 4.17. The SMILES string of the molecule is CCCC(COc1cccc(C(C)C)c1)CS(=O)(=O)Cl. The van der Waals surface area contributed by atoms with Gasteiger partial charge < -0.3 is 4.74 Å². The van der Waals surface area contributed by atoms with E-state index in [1.165, 1.54) is 5.56 Å². The van der Waals surface area contributed by atoms with Crippen LogP contribution in [0.25, 0.3) is 0 Å². The molecular weight excluding hydrogens is 296 g/mol. The van der Waals surface area contributed by atoms with E-state index in [1.807, 2.05) is 25.1 Å². The van der Waals surface area contributed by atoms with Gasteiger partial charge >= 0.3 is 0 Å². The molecular formula is C15H23ClO3S. The molecule has 1 atom stereocenters. The van der Waals surface area contributed by atoms with Gasteiger partial charge in [-0.2, -0.15) is 0 Å². The predicted molar refractivity (Wildman–Crippen MR) is 84.1 cm³/mol. The maximum absolute atomic E-state index is 11.2. The van der Waals surface area contributed by atoms with Crippen LogP contribution in [0, 0.1) is 5.92 Å². The fraction of sp³-hybridized carbons (Fsp3) is 0.600. The second-order valence-electron chi connectivity index (χ2n) is 5.40. The normalized spacial score (nSPS) is 13.4. The minimum atomic E-state index is -3.48. The lowest BCUT2D eigenvalue weighted by Crippen LogP contribution is -2.19. The monoisotopic (exact) mass is 318 g/mol. The van der Waals surface area contributed by atoms with Gasteiger partial charge in [-0.25, -0.2) is 8.42 Å². The highest BCUT2D eigenvalue weighted by molar-refractivity contribution is 8.13. The molecule has 20 heavy (non-hydrogen) atoms. The van der Waals surface area contributed by atoms with Crippen LogP contribution in [0.3, 0.4) is 0 Å². The lowest BCUT2D eigenvalue weighted by atomic mass is 10.0. The highest BCUT2D eigenvalue weighted by Gasteiger charge is 2.17. The molecule has 0 aliphatic rings. The highest BCUT2D eigenvalue weighted by Crippen LogP contribution is 2.21. The van der Waals surface area contributed by atoms with Gasteiger partial charge in [0.2, 0.25) is 9.05 Å². The van der Waals surface area contributed by atoms with Crippen LogP contribution >= 0.6 is 10.7 Å². The first-order valence-corrected chi connectivity index (χ1v) is 9.44. The highest BCUT2D eigenvalue weighted by atomic mass is 35.7. The Bertz CT molecular complexity index is 512. The third-order valence-electron chi connectivity index (χ3n) is 3.14. The van der Waals surface area contributed by atoms with E-state index < -0.39 is 9.05 Å². The van der Waals surface area contributed by atoms with E-state index in [0.717, 1.165) is 18.6 Å². The maximum Gasteiger partial charge on any atom is 0.232 e. The minimum absolute atomic E-state index is 0.0354. The molecule has 0 heterocycles. The molecule has 114 valence electrons. The van der Waals surface area contributed by atoms with E-state index in [-0.39, 0.29) is 11.7 Å². The molecule has 5 heteroatoms. The summed E-state index contributed by atoms with van der Waals surface area (Å²) in [6, 6.07) is 7.91. The van der Waals surface area contributed by atoms with Crippen molar-refractivity contribution in [3.8, 4) is 5.75 Å². The average molecular weight is 319 g/mol. The van der Waals surface area contributed by atoms with Gasteiger partial charge in [-0.3, -0.25) is 0 Å². The molecule has 0 spiro atoms. The van der Waals surface area contributed by atoms with Gasteiger partial charge in [0.15, 0.2) is 0 Å². The molecule has 3 nitrogen and oxygen atoms in total. The molecule has 0 aliphatic heterocycles. The summed E-state index contributed by atoms with van der Waals surface area (Å²) in [5.41, 5.74) is 1.21. The van der Waals surface area contributed by atoms with Gasteiger partial charge in [-0.15, -0.1) is 0 Å². The smallest absolute Gasteiger partial charge is 0.232 e. The van der Waals surface area contributed by atoms with E-state index in [1.54, 1.807) is 0 Å². The van der Waals surface area contributed by atoms with Crippen molar-refractivity contribution < 1.29 is 13.2 Å². The van der Waals surface area contributed by atoms with Gasteiger partial charge in [0.1, 0.15) is 5.75 Å². The number of rotatable bonds is 8. The van der Waals surface area contributed by atoms with Crippen LogP contribution in [-0.2, 0) is 9.05 Å². The molecule has 1 unspecified atom stereocenters. The van der Waals surface area contributed by atoms with Gasteiger partial charge in [-0.05, 0) is 30.0 Å². The van der Waals surface area contributed by atoms with Gasteiger partial charge in [-0.1, -0.05) is 39.3 Å². The molecule has 0 aromatic heterocycles. The molecule has 0 bridgehead atoms. The summed E-state index contributed by atoms with van der Waals surface area (Å²) in [5.74, 6) is 1.12. The molecule has 0 saturated heterocycles. The fourth-order valence-corrected chi connectivity index (χ4v) is 3.44. The van der Waals surface area contributed by atoms with Crippen molar-refractivity contribution in [3.05, 3.63) is 29.8 Å². The van der Waals surface area contributed by atoms with Gasteiger partial charge in [0.05, 0.1) is 12.4 Å². The lowest BCUT2D eigenvalue weighted by Gasteiger charge is -2.16. The molecule has 0 aliphatic carbocycles. The Morgan fingerprint density at radius 1 is 1.30 bits per heavy atom. The van der Waals surface area contributed by atoms with Crippen LogP contribution < -0.4 is 4.74 Å². The Morgan fingerprint density at radius 2 is 2.00 bits per heavy atom. The molecule has 1 aromatic carbocycles. The lowest BCUT2D eigenvalue weighted by molar-refractivity contribution is 0.252.